The van der Waals surface area contributed by atoms with Crippen LogP contribution < -0.4 is 0 Å². The van der Waals surface area contributed by atoms with Gasteiger partial charge in [0.15, 0.2) is 0 Å². The first-order chi connectivity index (χ1) is 23.2. The first kappa shape index (κ1) is 26.1. The van der Waals surface area contributed by atoms with E-state index in [9.17, 15) is 0 Å². The summed E-state index contributed by atoms with van der Waals surface area (Å²) in [5, 5.41) is 6.39. The van der Waals surface area contributed by atoms with E-state index < -0.39 is 0 Å². The number of fused-ring (bicyclic) bond motifs is 12. The fourth-order valence-electron chi connectivity index (χ4n) is 7.76. The monoisotopic (exact) mass is 609 g/mol. The van der Waals surface area contributed by atoms with Crippen LogP contribution in [0.5, 0.6) is 0 Å². The Kier molecular flexibility index (Phi) is 5.35. The molecule has 0 aliphatic heterocycles. The maximum absolute atomic E-state index is 15.0. The lowest BCUT2D eigenvalue weighted by Crippen LogP contribution is -1.98. The van der Waals surface area contributed by atoms with Crippen molar-refractivity contribution < 1.29 is 8.78 Å². The summed E-state index contributed by atoms with van der Waals surface area (Å²) in [6, 6.07) is 49.2. The van der Waals surface area contributed by atoms with E-state index in [2.05, 4.69) is 98.6 Å². The zero-order valence-corrected chi connectivity index (χ0v) is 25.0. The molecule has 0 aliphatic rings. The van der Waals surface area contributed by atoms with Crippen molar-refractivity contribution in [2.75, 3.05) is 0 Å². The van der Waals surface area contributed by atoms with Gasteiger partial charge in [-0.25, -0.2) is 8.78 Å². The second kappa shape index (κ2) is 9.65. The minimum atomic E-state index is -0.300. The molecule has 0 bridgehead atoms. The van der Waals surface area contributed by atoms with Crippen LogP contribution in [0.25, 0.3) is 82.5 Å². The van der Waals surface area contributed by atoms with Gasteiger partial charge in [-0.3, -0.25) is 0 Å². The number of aromatic nitrogens is 3. The molecule has 0 spiro atoms. The molecule has 10 rings (SSSR count). The summed E-state index contributed by atoms with van der Waals surface area (Å²) >= 11 is 0. The molecule has 0 unspecified atom stereocenters. The van der Waals surface area contributed by atoms with Crippen LogP contribution in [0, 0.1) is 11.6 Å². The van der Waals surface area contributed by atoms with Gasteiger partial charge in [-0.15, -0.1) is 0 Å². The van der Waals surface area contributed by atoms with Gasteiger partial charge in [0.25, 0.3) is 0 Å². The normalized spacial score (nSPS) is 12.0. The van der Waals surface area contributed by atoms with E-state index in [0.717, 1.165) is 82.5 Å². The Morgan fingerprint density at radius 1 is 0.319 bits per heavy atom. The van der Waals surface area contributed by atoms with Gasteiger partial charge in [0.05, 0.1) is 33.1 Å². The average Bonchev–Trinajstić information content (AvgIpc) is 3.74. The van der Waals surface area contributed by atoms with Gasteiger partial charge in [0.2, 0.25) is 0 Å². The molecule has 0 aliphatic carbocycles. The molecule has 0 atom stereocenters. The van der Waals surface area contributed by atoms with Crippen LogP contribution in [-0.4, -0.2) is 13.7 Å². The largest absolute Gasteiger partial charge is 0.308 e. The molecule has 0 saturated carbocycles. The van der Waals surface area contributed by atoms with E-state index in [0.29, 0.717) is 0 Å². The van der Waals surface area contributed by atoms with E-state index >= 15 is 8.78 Å². The first-order valence-electron chi connectivity index (χ1n) is 15.7. The van der Waals surface area contributed by atoms with Crippen molar-refractivity contribution in [3.63, 3.8) is 0 Å². The van der Waals surface area contributed by atoms with Crippen LogP contribution in [0.4, 0.5) is 8.78 Å². The number of halogens is 2. The SMILES string of the molecule is Fc1cccc(-n2c3ccccc3c3c4c(c5ccccc5n4-c4ccccc4)c4c(c5ccccc5n4-c4cccc(F)c4)c32)c1. The van der Waals surface area contributed by atoms with Crippen molar-refractivity contribution in [2.24, 2.45) is 0 Å². The Hall–Kier alpha value is -6.20. The van der Waals surface area contributed by atoms with E-state index in [1.807, 2.05) is 30.3 Å². The third-order valence-electron chi connectivity index (χ3n) is 9.48. The number of hydrogen-bond acceptors (Lipinski definition) is 0. The zero-order chi connectivity index (χ0) is 31.2. The van der Waals surface area contributed by atoms with Crippen molar-refractivity contribution in [1.82, 2.24) is 13.7 Å². The van der Waals surface area contributed by atoms with Crippen LogP contribution in [0.1, 0.15) is 0 Å². The maximum Gasteiger partial charge on any atom is 0.125 e. The number of benzene rings is 7. The summed E-state index contributed by atoms with van der Waals surface area (Å²) in [5.74, 6) is -0.599. The fourth-order valence-corrected chi connectivity index (χ4v) is 7.76. The molecule has 3 nitrogen and oxygen atoms in total. The van der Waals surface area contributed by atoms with Crippen LogP contribution in [0.2, 0.25) is 0 Å². The molecular weight excluding hydrogens is 584 g/mol. The topological polar surface area (TPSA) is 14.8 Å². The molecule has 0 amide bonds. The highest BCUT2D eigenvalue weighted by molar-refractivity contribution is 6.40. The lowest BCUT2D eigenvalue weighted by Gasteiger charge is -2.13. The molecule has 5 heteroatoms. The molecule has 3 heterocycles. The second-order valence-electron chi connectivity index (χ2n) is 12.0. The standard InChI is InChI=1S/C42H25F2N3/c43-26-12-10-16-29(24-26)46-35-22-8-5-19-32(35)38-40-37(31-18-4-7-21-34(31)45(40)28-14-2-1-3-15-28)41-39(42(38)46)33-20-6-9-23-36(33)47(41)30-17-11-13-27(44)25-30/h1-25H. The Labute approximate surface area is 267 Å². The Bertz CT molecular complexity index is 2800. The molecule has 47 heavy (non-hydrogen) atoms. The first-order valence-corrected chi connectivity index (χ1v) is 15.7. The zero-order valence-electron chi connectivity index (χ0n) is 25.0. The van der Waals surface area contributed by atoms with E-state index in [4.69, 9.17) is 0 Å². The summed E-state index contributed by atoms with van der Waals surface area (Å²) in [5.41, 5.74) is 8.53. The highest BCUT2D eigenvalue weighted by atomic mass is 19.1. The van der Waals surface area contributed by atoms with Crippen molar-refractivity contribution >= 4 is 65.4 Å². The fraction of sp³-hybridized carbons (Fsp3) is 0. The molecule has 7 aromatic carbocycles. The second-order valence-corrected chi connectivity index (χ2v) is 12.0. The van der Waals surface area contributed by atoms with E-state index in [-0.39, 0.29) is 11.6 Å². The summed E-state index contributed by atoms with van der Waals surface area (Å²) in [4.78, 5) is 0. The highest BCUT2D eigenvalue weighted by Gasteiger charge is 2.28. The summed E-state index contributed by atoms with van der Waals surface area (Å²) < 4.78 is 36.8. The lowest BCUT2D eigenvalue weighted by atomic mass is 10.0. The maximum atomic E-state index is 15.0. The van der Waals surface area contributed by atoms with Gasteiger partial charge >= 0.3 is 0 Å². The Balaban J connectivity index is 1.62. The number of rotatable bonds is 3. The lowest BCUT2D eigenvalue weighted by molar-refractivity contribution is 0.626. The van der Waals surface area contributed by atoms with Crippen molar-refractivity contribution in [3.8, 4) is 17.1 Å². The van der Waals surface area contributed by atoms with Gasteiger partial charge in [-0.2, -0.15) is 0 Å². The van der Waals surface area contributed by atoms with Gasteiger partial charge in [-0.05, 0) is 66.7 Å². The third-order valence-corrected chi connectivity index (χ3v) is 9.48. The molecule has 222 valence electrons. The van der Waals surface area contributed by atoms with Crippen molar-refractivity contribution in [3.05, 3.63) is 163 Å². The number of para-hydroxylation sites is 4. The minimum absolute atomic E-state index is 0.300. The summed E-state index contributed by atoms with van der Waals surface area (Å²) in [7, 11) is 0. The summed E-state index contributed by atoms with van der Waals surface area (Å²) in [6.07, 6.45) is 0. The smallest absolute Gasteiger partial charge is 0.125 e. The van der Waals surface area contributed by atoms with Crippen LogP contribution in [0.3, 0.4) is 0 Å². The Morgan fingerprint density at radius 2 is 0.660 bits per heavy atom. The van der Waals surface area contributed by atoms with Crippen LogP contribution >= 0.6 is 0 Å². The van der Waals surface area contributed by atoms with Gasteiger partial charge < -0.3 is 13.7 Å². The molecule has 0 fully saturated rings. The van der Waals surface area contributed by atoms with Gasteiger partial charge in [0.1, 0.15) is 11.6 Å². The quantitative estimate of drug-likeness (QED) is 0.189. The number of hydrogen-bond donors (Lipinski definition) is 0. The predicted octanol–water partition coefficient (Wildman–Crippen LogP) is 11.3. The minimum Gasteiger partial charge on any atom is -0.308 e. The van der Waals surface area contributed by atoms with Gasteiger partial charge in [0, 0.05) is 49.4 Å². The van der Waals surface area contributed by atoms with Crippen LogP contribution in [-0.2, 0) is 0 Å². The molecule has 0 saturated heterocycles. The predicted molar refractivity (Wildman–Crippen MR) is 189 cm³/mol. The van der Waals surface area contributed by atoms with E-state index in [1.165, 1.54) is 12.1 Å². The van der Waals surface area contributed by atoms with Gasteiger partial charge in [-0.1, -0.05) is 84.9 Å². The molecule has 0 N–H and O–H groups in total. The molecule has 3 aromatic heterocycles. The highest BCUT2D eigenvalue weighted by Crippen LogP contribution is 2.50. The van der Waals surface area contributed by atoms with Crippen molar-refractivity contribution in [1.29, 1.82) is 0 Å². The molecule has 10 aromatic rings. The average molecular weight is 610 g/mol. The molecule has 0 radical (unpaired) electrons. The molecular formula is C42H25F2N3. The third kappa shape index (κ3) is 3.54. The Morgan fingerprint density at radius 3 is 1.06 bits per heavy atom. The van der Waals surface area contributed by atoms with E-state index in [1.54, 1.807) is 24.3 Å². The number of nitrogens with zero attached hydrogens (tertiary/aromatic N) is 3. The van der Waals surface area contributed by atoms with Crippen molar-refractivity contribution in [2.45, 2.75) is 0 Å². The summed E-state index contributed by atoms with van der Waals surface area (Å²) in [6.45, 7) is 0. The van der Waals surface area contributed by atoms with Crippen LogP contribution in [0.15, 0.2) is 152 Å².